The van der Waals surface area contributed by atoms with E-state index in [4.69, 9.17) is 23.2 Å². The number of hydrogen-bond donors (Lipinski definition) is 0. The maximum absolute atomic E-state index is 11.7. The second kappa shape index (κ2) is 4.43. The molecular weight excluding hydrogens is 244 g/mol. The molecule has 0 aromatic heterocycles. The third kappa shape index (κ3) is 2.35. The highest BCUT2D eigenvalue weighted by atomic mass is 35.5. The summed E-state index contributed by atoms with van der Waals surface area (Å²) in [5.41, 5.74) is 0. The molecule has 1 atom stereocenters. The van der Waals surface area contributed by atoms with Gasteiger partial charge in [-0.05, 0) is 19.1 Å². The topological polar surface area (TPSA) is 34.1 Å². The molecule has 1 aromatic carbocycles. The van der Waals surface area contributed by atoms with Gasteiger partial charge in [-0.15, -0.1) is 0 Å². The summed E-state index contributed by atoms with van der Waals surface area (Å²) in [4.78, 5) is 11.5. The van der Waals surface area contributed by atoms with Gasteiger partial charge in [-0.2, -0.15) is 0 Å². The van der Waals surface area contributed by atoms with Gasteiger partial charge in [0.05, 0.1) is 10.8 Å². The summed E-state index contributed by atoms with van der Waals surface area (Å²) in [6.45, 7) is 1.21. The van der Waals surface area contributed by atoms with Crippen molar-refractivity contribution in [1.82, 2.24) is 0 Å². The summed E-state index contributed by atoms with van der Waals surface area (Å²) in [5, 5.41) is 0. The number of rotatable bonds is 3. The molecule has 1 aromatic rings. The molecule has 0 radical (unpaired) electrons. The molecule has 0 heterocycles. The van der Waals surface area contributed by atoms with Crippen molar-refractivity contribution in [3.05, 3.63) is 30.3 Å². The summed E-state index contributed by atoms with van der Waals surface area (Å²) >= 11 is 11.3. The summed E-state index contributed by atoms with van der Waals surface area (Å²) in [7, 11) is -1.74. The predicted octanol–water partition coefficient (Wildman–Crippen LogP) is 2.51. The SMILES string of the molecule is CC(=O)[13C](Cl)(Cl)S(=O)c1ccccc1. The minimum atomic E-state index is -1.86. The molecule has 0 aliphatic heterocycles. The summed E-state index contributed by atoms with van der Waals surface area (Å²) in [5.74, 6) is -0.525. The zero-order chi connectivity index (χ0) is 10.8. The second-order valence-electron chi connectivity index (χ2n) is 2.65. The van der Waals surface area contributed by atoms with Crippen LogP contribution in [0.5, 0.6) is 0 Å². The Hall–Kier alpha value is -0.380. The molecule has 1 rings (SSSR count). The van der Waals surface area contributed by atoms with Gasteiger partial charge in [0.15, 0.2) is 5.78 Å². The van der Waals surface area contributed by atoms with E-state index in [2.05, 4.69) is 0 Å². The summed E-state index contributed by atoms with van der Waals surface area (Å²) in [6, 6.07) is 8.41. The fourth-order valence-electron chi connectivity index (χ4n) is 0.823. The van der Waals surface area contributed by atoms with Crippen LogP contribution in [0, 0.1) is 0 Å². The van der Waals surface area contributed by atoms with Crippen LogP contribution in [0.15, 0.2) is 35.2 Å². The molecule has 0 saturated heterocycles. The Morgan fingerprint density at radius 3 is 2.21 bits per heavy atom. The predicted molar refractivity (Wildman–Crippen MR) is 58.0 cm³/mol. The number of ketones is 1. The van der Waals surface area contributed by atoms with Gasteiger partial charge in [0, 0.05) is 4.90 Å². The van der Waals surface area contributed by atoms with E-state index in [0.29, 0.717) is 4.90 Å². The molecule has 76 valence electrons. The van der Waals surface area contributed by atoms with Crippen molar-refractivity contribution in [3.63, 3.8) is 0 Å². The second-order valence-corrected chi connectivity index (χ2v) is 6.05. The monoisotopic (exact) mass is 251 g/mol. The van der Waals surface area contributed by atoms with E-state index in [9.17, 15) is 9.00 Å². The van der Waals surface area contributed by atoms with Crippen LogP contribution in [0.4, 0.5) is 0 Å². The summed E-state index contributed by atoms with van der Waals surface area (Å²) < 4.78 is 9.87. The van der Waals surface area contributed by atoms with E-state index < -0.39 is 20.2 Å². The number of alkyl halides is 2. The molecule has 0 saturated carbocycles. The van der Waals surface area contributed by atoms with E-state index in [1.54, 1.807) is 30.3 Å². The lowest BCUT2D eigenvalue weighted by molar-refractivity contribution is -0.116. The van der Waals surface area contributed by atoms with Crippen LogP contribution in [0.1, 0.15) is 6.92 Å². The van der Waals surface area contributed by atoms with E-state index in [0.717, 1.165) is 0 Å². The first-order chi connectivity index (χ1) is 6.46. The van der Waals surface area contributed by atoms with Gasteiger partial charge >= 0.3 is 0 Å². The fraction of sp³-hybridized carbons (Fsp3) is 0.222. The Morgan fingerprint density at radius 1 is 1.29 bits per heavy atom. The van der Waals surface area contributed by atoms with Gasteiger partial charge in [0.1, 0.15) is 0 Å². The van der Waals surface area contributed by atoms with Crippen LogP contribution >= 0.6 is 23.2 Å². The Balaban J connectivity index is 3.03. The van der Waals surface area contributed by atoms with Crippen LogP contribution in [0.2, 0.25) is 0 Å². The maximum Gasteiger partial charge on any atom is 0.253 e. The van der Waals surface area contributed by atoms with Crippen molar-refractivity contribution in [3.8, 4) is 0 Å². The highest BCUT2D eigenvalue weighted by Gasteiger charge is 2.38. The standard InChI is InChI=1S/C9H8Cl2O2S/c1-7(12)9(10,11)14(13)8-5-3-2-4-6-8/h2-6H,1H3/i9+1. The van der Waals surface area contributed by atoms with Crippen molar-refractivity contribution >= 4 is 39.8 Å². The molecule has 5 heteroatoms. The minimum Gasteiger partial charge on any atom is -0.296 e. The lowest BCUT2D eigenvalue weighted by atomic mass is 10.4. The normalized spacial score (nSPS) is 13.6. The van der Waals surface area contributed by atoms with Gasteiger partial charge < -0.3 is 0 Å². The van der Waals surface area contributed by atoms with Crippen LogP contribution in [-0.4, -0.2) is 13.7 Å². The van der Waals surface area contributed by atoms with Crippen molar-refractivity contribution in [2.75, 3.05) is 0 Å². The van der Waals surface area contributed by atoms with Crippen LogP contribution in [0.25, 0.3) is 0 Å². The molecule has 2 nitrogen and oxygen atoms in total. The smallest absolute Gasteiger partial charge is 0.253 e. The summed E-state index contributed by atoms with van der Waals surface area (Å²) in [6.07, 6.45) is 0. The molecule has 1 unspecified atom stereocenters. The first-order valence-corrected chi connectivity index (χ1v) is 5.72. The number of carbonyl (C=O) groups is 1. The van der Waals surface area contributed by atoms with Crippen molar-refractivity contribution in [1.29, 1.82) is 0 Å². The molecule has 0 bridgehead atoms. The van der Waals surface area contributed by atoms with Gasteiger partial charge in [-0.3, -0.25) is 9.00 Å². The molecule has 0 aliphatic rings. The van der Waals surface area contributed by atoms with E-state index in [1.807, 2.05) is 0 Å². The average molecular weight is 252 g/mol. The number of benzene rings is 1. The Kier molecular flexibility index (Phi) is 3.70. The van der Waals surface area contributed by atoms with Gasteiger partial charge in [0.25, 0.3) is 3.67 Å². The molecule has 0 N–H and O–H groups in total. The Labute approximate surface area is 94.7 Å². The Morgan fingerprint density at radius 2 is 1.79 bits per heavy atom. The highest BCUT2D eigenvalue weighted by Crippen LogP contribution is 2.31. The number of hydrogen-bond acceptors (Lipinski definition) is 2. The molecule has 0 amide bonds. The highest BCUT2D eigenvalue weighted by molar-refractivity contribution is 7.90. The quantitative estimate of drug-likeness (QED) is 0.611. The van der Waals surface area contributed by atoms with E-state index in [-0.39, 0.29) is 0 Å². The third-order valence-electron chi connectivity index (χ3n) is 1.60. The first-order valence-electron chi connectivity index (χ1n) is 3.82. The number of halogens is 2. The third-order valence-corrected chi connectivity index (χ3v) is 4.43. The maximum atomic E-state index is 11.7. The molecule has 0 fully saturated rings. The molecular formula is C9H8Cl2O2S. The van der Waals surface area contributed by atoms with E-state index in [1.165, 1.54) is 6.92 Å². The zero-order valence-corrected chi connectivity index (χ0v) is 9.70. The van der Waals surface area contributed by atoms with Crippen molar-refractivity contribution < 1.29 is 9.00 Å². The van der Waals surface area contributed by atoms with Crippen LogP contribution in [0.3, 0.4) is 0 Å². The van der Waals surface area contributed by atoms with Crippen LogP contribution in [-0.2, 0) is 15.6 Å². The molecule has 0 spiro atoms. The average Bonchev–Trinajstić information content (AvgIpc) is 2.17. The zero-order valence-electron chi connectivity index (χ0n) is 7.37. The fourth-order valence-corrected chi connectivity index (χ4v) is 2.32. The lowest BCUT2D eigenvalue weighted by Crippen LogP contribution is -2.28. The number of Topliss-reactive ketones (excluding diaryl/α,β-unsaturated/α-hetero) is 1. The molecule has 0 aliphatic carbocycles. The molecule has 14 heavy (non-hydrogen) atoms. The van der Waals surface area contributed by atoms with Gasteiger partial charge in [-0.25, -0.2) is 0 Å². The van der Waals surface area contributed by atoms with Gasteiger partial charge in [-0.1, -0.05) is 41.4 Å². The van der Waals surface area contributed by atoms with Crippen LogP contribution < -0.4 is 0 Å². The minimum absolute atomic E-state index is 0.438. The van der Waals surface area contributed by atoms with Crippen molar-refractivity contribution in [2.45, 2.75) is 15.5 Å². The largest absolute Gasteiger partial charge is 0.296 e. The van der Waals surface area contributed by atoms with E-state index >= 15 is 0 Å². The first kappa shape index (κ1) is 11.7. The lowest BCUT2D eigenvalue weighted by Gasteiger charge is -2.14. The Bertz CT molecular complexity index is 362. The number of carbonyl (C=O) groups excluding carboxylic acids is 1. The van der Waals surface area contributed by atoms with Gasteiger partial charge in [0.2, 0.25) is 0 Å². The van der Waals surface area contributed by atoms with Crippen molar-refractivity contribution in [2.24, 2.45) is 0 Å².